The summed E-state index contributed by atoms with van der Waals surface area (Å²) in [6.07, 6.45) is 23.3. The van der Waals surface area contributed by atoms with Crippen molar-refractivity contribution in [1.29, 1.82) is 0 Å². The molecule has 0 radical (unpaired) electrons. The zero-order chi connectivity index (χ0) is 20.7. The van der Waals surface area contributed by atoms with E-state index in [0.29, 0.717) is 19.5 Å². The lowest BCUT2D eigenvalue weighted by Crippen LogP contribution is -2.35. The summed E-state index contributed by atoms with van der Waals surface area (Å²) in [6, 6.07) is 0. The van der Waals surface area contributed by atoms with E-state index in [-0.39, 0.29) is 19.1 Å². The Hall–Kier alpha value is -0.610. The van der Waals surface area contributed by atoms with E-state index in [0.717, 1.165) is 12.8 Å². The van der Waals surface area contributed by atoms with E-state index >= 15 is 0 Å². The van der Waals surface area contributed by atoms with Crippen LogP contribution in [0.25, 0.3) is 0 Å². The summed E-state index contributed by atoms with van der Waals surface area (Å²) in [6.45, 7) is 2.87. The molecule has 2 N–H and O–H groups in total. The van der Waals surface area contributed by atoms with Crippen molar-refractivity contribution in [2.75, 3.05) is 26.3 Å². The summed E-state index contributed by atoms with van der Waals surface area (Å²) in [4.78, 5) is 13.5. The third-order valence-electron chi connectivity index (χ3n) is 5.59. The number of hydrogen-bond donors (Lipinski definition) is 2. The van der Waals surface area contributed by atoms with Crippen molar-refractivity contribution < 1.29 is 15.0 Å². The minimum absolute atomic E-state index is 0.0369. The average molecular weight is 400 g/mol. The molecule has 0 atom stereocenters. The summed E-state index contributed by atoms with van der Waals surface area (Å²) >= 11 is 0. The van der Waals surface area contributed by atoms with Crippen LogP contribution in [0.15, 0.2) is 0 Å². The Balaban J connectivity index is 3.26. The van der Waals surface area contributed by atoms with Crippen molar-refractivity contribution in [3.8, 4) is 0 Å². The van der Waals surface area contributed by atoms with Gasteiger partial charge in [0.1, 0.15) is 0 Å². The van der Waals surface area contributed by atoms with Gasteiger partial charge in [0, 0.05) is 19.5 Å². The third-order valence-corrected chi connectivity index (χ3v) is 5.59. The summed E-state index contributed by atoms with van der Waals surface area (Å²) in [7, 11) is 0. The molecule has 1 amide bonds. The van der Waals surface area contributed by atoms with Gasteiger partial charge in [-0.15, -0.1) is 0 Å². The van der Waals surface area contributed by atoms with Gasteiger partial charge in [-0.1, -0.05) is 110 Å². The van der Waals surface area contributed by atoms with Crippen molar-refractivity contribution in [2.45, 2.75) is 122 Å². The molecule has 0 heterocycles. The van der Waals surface area contributed by atoms with Crippen LogP contribution in [0.2, 0.25) is 0 Å². The molecule has 0 fully saturated rings. The van der Waals surface area contributed by atoms with Gasteiger partial charge < -0.3 is 15.1 Å². The van der Waals surface area contributed by atoms with Gasteiger partial charge >= 0.3 is 0 Å². The molecule has 0 aliphatic heterocycles. The van der Waals surface area contributed by atoms with Crippen LogP contribution in [-0.2, 0) is 4.79 Å². The number of amides is 1. The van der Waals surface area contributed by atoms with E-state index in [1.807, 2.05) is 0 Å². The molecule has 0 aromatic rings. The van der Waals surface area contributed by atoms with Crippen LogP contribution < -0.4 is 0 Å². The Bertz CT molecular complexity index is 317. The highest BCUT2D eigenvalue weighted by Crippen LogP contribution is 2.14. The average Bonchev–Trinajstić information content (AvgIpc) is 2.70. The minimum Gasteiger partial charge on any atom is -0.395 e. The molecule has 0 saturated carbocycles. The molecule has 0 unspecified atom stereocenters. The maximum Gasteiger partial charge on any atom is 0.222 e. The van der Waals surface area contributed by atoms with Gasteiger partial charge in [0.25, 0.3) is 0 Å². The molecule has 28 heavy (non-hydrogen) atoms. The Morgan fingerprint density at radius 1 is 0.571 bits per heavy atom. The fourth-order valence-electron chi connectivity index (χ4n) is 3.76. The fourth-order valence-corrected chi connectivity index (χ4v) is 3.76. The predicted octanol–water partition coefficient (Wildman–Crippen LogP) is 5.84. The van der Waals surface area contributed by atoms with Crippen LogP contribution in [0.4, 0.5) is 0 Å². The molecule has 0 aliphatic carbocycles. The zero-order valence-corrected chi connectivity index (χ0v) is 18.8. The lowest BCUT2D eigenvalue weighted by atomic mass is 10.0. The van der Waals surface area contributed by atoms with Gasteiger partial charge in [0.15, 0.2) is 0 Å². The van der Waals surface area contributed by atoms with Crippen molar-refractivity contribution in [3.05, 3.63) is 0 Å². The number of nitrogens with zero attached hydrogens (tertiary/aromatic N) is 1. The second-order valence-electron chi connectivity index (χ2n) is 8.23. The van der Waals surface area contributed by atoms with E-state index in [9.17, 15) is 4.79 Å². The molecule has 0 aromatic heterocycles. The highest BCUT2D eigenvalue weighted by Gasteiger charge is 2.11. The second-order valence-corrected chi connectivity index (χ2v) is 8.23. The van der Waals surface area contributed by atoms with E-state index in [1.54, 1.807) is 4.90 Å². The second kappa shape index (κ2) is 22.7. The monoisotopic (exact) mass is 399 g/mol. The summed E-state index contributed by atoms with van der Waals surface area (Å²) < 4.78 is 0. The quantitative estimate of drug-likeness (QED) is 0.225. The SMILES string of the molecule is CCCCCCCCCCCCCCCCCCCC(=O)N(CCO)CCO. The van der Waals surface area contributed by atoms with Crippen molar-refractivity contribution in [1.82, 2.24) is 4.90 Å². The van der Waals surface area contributed by atoms with Gasteiger partial charge in [-0.2, -0.15) is 0 Å². The van der Waals surface area contributed by atoms with Crippen LogP contribution in [0, 0.1) is 0 Å². The molecule has 0 rings (SSSR count). The zero-order valence-electron chi connectivity index (χ0n) is 18.8. The van der Waals surface area contributed by atoms with Crippen LogP contribution >= 0.6 is 0 Å². The first-order chi connectivity index (χ1) is 13.8. The summed E-state index contributed by atoms with van der Waals surface area (Å²) in [5, 5.41) is 17.9. The molecule has 4 heteroatoms. The minimum atomic E-state index is -0.0369. The molecule has 0 bridgehead atoms. The summed E-state index contributed by atoms with van der Waals surface area (Å²) in [5.41, 5.74) is 0. The maximum absolute atomic E-state index is 12.0. The Morgan fingerprint density at radius 3 is 1.21 bits per heavy atom. The molecular formula is C24H49NO3. The molecule has 168 valence electrons. The Labute approximate surface area is 175 Å². The molecule has 4 nitrogen and oxygen atoms in total. The van der Waals surface area contributed by atoms with Crippen LogP contribution in [0.1, 0.15) is 122 Å². The molecule has 0 spiro atoms. The Morgan fingerprint density at radius 2 is 0.893 bits per heavy atom. The highest BCUT2D eigenvalue weighted by atomic mass is 16.3. The van der Waals surface area contributed by atoms with Gasteiger partial charge in [-0.25, -0.2) is 0 Å². The fraction of sp³-hybridized carbons (Fsp3) is 0.958. The normalized spacial score (nSPS) is 11.1. The smallest absolute Gasteiger partial charge is 0.222 e. The molecular weight excluding hydrogens is 350 g/mol. The standard InChI is InChI=1S/C24H49NO3/c1-2-3-4-5-6-7-8-9-10-11-12-13-14-15-16-17-18-19-24(28)25(20-22-26)21-23-27/h26-27H,2-23H2,1H3. The first-order valence-corrected chi connectivity index (χ1v) is 12.3. The number of aliphatic hydroxyl groups excluding tert-OH is 2. The van der Waals surface area contributed by atoms with Gasteiger partial charge in [0.05, 0.1) is 13.2 Å². The first-order valence-electron chi connectivity index (χ1n) is 12.3. The Kier molecular flexibility index (Phi) is 22.2. The number of carbonyl (C=O) groups excluding carboxylic acids is 1. The van der Waals surface area contributed by atoms with Gasteiger partial charge in [0.2, 0.25) is 5.91 Å². The first kappa shape index (κ1) is 27.4. The molecule has 0 aromatic carbocycles. The highest BCUT2D eigenvalue weighted by molar-refractivity contribution is 5.76. The van der Waals surface area contributed by atoms with E-state index in [4.69, 9.17) is 10.2 Å². The number of rotatable bonds is 22. The number of aliphatic hydroxyl groups is 2. The predicted molar refractivity (Wildman–Crippen MR) is 120 cm³/mol. The van der Waals surface area contributed by atoms with Gasteiger partial charge in [-0.3, -0.25) is 4.79 Å². The molecule has 0 saturated heterocycles. The third kappa shape index (κ3) is 18.7. The van der Waals surface area contributed by atoms with Crippen LogP contribution in [-0.4, -0.2) is 47.3 Å². The van der Waals surface area contributed by atoms with Crippen LogP contribution in [0.3, 0.4) is 0 Å². The number of unbranched alkanes of at least 4 members (excludes halogenated alkanes) is 16. The lowest BCUT2D eigenvalue weighted by Gasteiger charge is -2.20. The topological polar surface area (TPSA) is 60.8 Å². The summed E-state index contributed by atoms with van der Waals surface area (Å²) in [5.74, 6) is 0.0593. The maximum atomic E-state index is 12.0. The van der Waals surface area contributed by atoms with E-state index < -0.39 is 0 Å². The number of carbonyl (C=O) groups is 1. The van der Waals surface area contributed by atoms with E-state index in [2.05, 4.69) is 6.92 Å². The lowest BCUT2D eigenvalue weighted by molar-refractivity contribution is -0.132. The van der Waals surface area contributed by atoms with Crippen molar-refractivity contribution >= 4 is 5.91 Å². The van der Waals surface area contributed by atoms with Crippen molar-refractivity contribution in [3.63, 3.8) is 0 Å². The van der Waals surface area contributed by atoms with Crippen LogP contribution in [0.5, 0.6) is 0 Å². The van der Waals surface area contributed by atoms with E-state index in [1.165, 1.54) is 96.3 Å². The number of hydrogen-bond acceptors (Lipinski definition) is 3. The molecule has 0 aliphatic rings. The van der Waals surface area contributed by atoms with Crippen molar-refractivity contribution in [2.24, 2.45) is 0 Å². The largest absolute Gasteiger partial charge is 0.395 e. The van der Waals surface area contributed by atoms with Gasteiger partial charge in [-0.05, 0) is 6.42 Å².